The smallest absolute Gasteiger partial charge is 0.229 e. The summed E-state index contributed by atoms with van der Waals surface area (Å²) in [6, 6.07) is 0.292. The molecule has 0 spiro atoms. The number of rotatable bonds is 3. The summed E-state index contributed by atoms with van der Waals surface area (Å²) in [5.74, 6) is 0.917. The van der Waals surface area contributed by atoms with Gasteiger partial charge in [-0.1, -0.05) is 13.3 Å². The van der Waals surface area contributed by atoms with Gasteiger partial charge in [0.1, 0.15) is 0 Å². The molecule has 1 saturated carbocycles. The van der Waals surface area contributed by atoms with E-state index in [-0.39, 0.29) is 17.9 Å². The van der Waals surface area contributed by atoms with Gasteiger partial charge in [0, 0.05) is 19.1 Å². The van der Waals surface area contributed by atoms with Crippen molar-refractivity contribution in [2.45, 2.75) is 51.1 Å². The van der Waals surface area contributed by atoms with Crippen molar-refractivity contribution in [3.8, 4) is 0 Å². The maximum atomic E-state index is 12.4. The van der Waals surface area contributed by atoms with Crippen LogP contribution in [-0.4, -0.2) is 43.2 Å². The van der Waals surface area contributed by atoms with Crippen LogP contribution in [0.3, 0.4) is 0 Å². The van der Waals surface area contributed by atoms with Crippen molar-refractivity contribution in [2.24, 2.45) is 17.6 Å². The van der Waals surface area contributed by atoms with Crippen LogP contribution in [0.15, 0.2) is 0 Å². The maximum absolute atomic E-state index is 12.4. The average Bonchev–Trinajstić information content (AvgIpc) is 2.83. The van der Waals surface area contributed by atoms with Crippen molar-refractivity contribution >= 4 is 5.91 Å². The van der Waals surface area contributed by atoms with Gasteiger partial charge in [-0.15, -0.1) is 0 Å². The molecule has 1 heterocycles. The highest BCUT2D eigenvalue weighted by Gasteiger charge is 2.36. The van der Waals surface area contributed by atoms with Crippen LogP contribution in [0.5, 0.6) is 0 Å². The van der Waals surface area contributed by atoms with Gasteiger partial charge in [0.05, 0.1) is 19.1 Å². The van der Waals surface area contributed by atoms with Crippen LogP contribution >= 0.6 is 0 Å². The molecular weight excluding hydrogens is 228 g/mol. The van der Waals surface area contributed by atoms with E-state index in [9.17, 15) is 4.79 Å². The zero-order valence-corrected chi connectivity index (χ0v) is 11.6. The molecule has 4 heteroatoms. The van der Waals surface area contributed by atoms with Crippen molar-refractivity contribution in [3.63, 3.8) is 0 Å². The molecule has 4 nitrogen and oxygen atoms in total. The molecule has 1 aliphatic heterocycles. The molecule has 2 aliphatic rings. The van der Waals surface area contributed by atoms with E-state index >= 15 is 0 Å². The largest absolute Gasteiger partial charge is 0.379 e. The summed E-state index contributed by atoms with van der Waals surface area (Å²) in [4.78, 5) is 14.3. The topological polar surface area (TPSA) is 55.6 Å². The van der Waals surface area contributed by atoms with Crippen LogP contribution in [0.2, 0.25) is 0 Å². The third-order valence-electron chi connectivity index (χ3n) is 4.73. The van der Waals surface area contributed by atoms with Gasteiger partial charge >= 0.3 is 0 Å². The number of amides is 1. The van der Waals surface area contributed by atoms with E-state index in [1.165, 1.54) is 19.3 Å². The molecular formula is C14H26N2O2. The van der Waals surface area contributed by atoms with Gasteiger partial charge in [-0.05, 0) is 31.6 Å². The van der Waals surface area contributed by atoms with Crippen LogP contribution in [0.1, 0.15) is 39.0 Å². The minimum Gasteiger partial charge on any atom is -0.379 e. The zero-order valence-electron chi connectivity index (χ0n) is 11.6. The lowest BCUT2D eigenvalue weighted by Crippen LogP contribution is -2.47. The summed E-state index contributed by atoms with van der Waals surface area (Å²) in [6.45, 7) is 3.27. The Labute approximate surface area is 110 Å². The fraction of sp³-hybridized carbons (Fsp3) is 0.929. The fourth-order valence-electron chi connectivity index (χ4n) is 3.21. The predicted octanol–water partition coefficient (Wildman–Crippen LogP) is 1.39. The van der Waals surface area contributed by atoms with Gasteiger partial charge in [-0.3, -0.25) is 4.79 Å². The molecule has 1 amide bonds. The molecule has 0 aromatic rings. The first-order chi connectivity index (χ1) is 8.63. The summed E-state index contributed by atoms with van der Waals surface area (Å²) in [6.07, 6.45) is 6.07. The van der Waals surface area contributed by atoms with Crippen molar-refractivity contribution in [3.05, 3.63) is 0 Å². The Hall–Kier alpha value is -0.610. The van der Waals surface area contributed by atoms with Crippen LogP contribution in [0, 0.1) is 11.8 Å². The van der Waals surface area contributed by atoms with Crippen molar-refractivity contribution in [2.75, 3.05) is 20.3 Å². The second kappa shape index (κ2) is 6.02. The summed E-state index contributed by atoms with van der Waals surface area (Å²) in [5, 5.41) is 0. The average molecular weight is 254 g/mol. The van der Waals surface area contributed by atoms with E-state index in [2.05, 4.69) is 6.92 Å². The summed E-state index contributed by atoms with van der Waals surface area (Å²) < 4.78 is 5.29. The van der Waals surface area contributed by atoms with Gasteiger partial charge in [-0.25, -0.2) is 0 Å². The third-order valence-corrected chi connectivity index (χ3v) is 4.73. The zero-order chi connectivity index (χ0) is 13.1. The first-order valence-corrected chi connectivity index (χ1v) is 7.23. The van der Waals surface area contributed by atoms with E-state index in [4.69, 9.17) is 10.5 Å². The quantitative estimate of drug-likeness (QED) is 0.828. The Balaban J connectivity index is 1.87. The van der Waals surface area contributed by atoms with E-state index in [0.717, 1.165) is 18.8 Å². The molecule has 18 heavy (non-hydrogen) atoms. The molecule has 2 fully saturated rings. The Bertz CT molecular complexity index is 288. The van der Waals surface area contributed by atoms with Crippen LogP contribution in [0.25, 0.3) is 0 Å². The first-order valence-electron chi connectivity index (χ1n) is 7.23. The molecule has 2 N–H and O–H groups in total. The van der Waals surface area contributed by atoms with E-state index in [1.807, 2.05) is 11.9 Å². The molecule has 104 valence electrons. The number of nitrogens with zero attached hydrogens (tertiary/aromatic N) is 1. The predicted molar refractivity (Wildman–Crippen MR) is 71.1 cm³/mol. The van der Waals surface area contributed by atoms with Gasteiger partial charge in [-0.2, -0.15) is 0 Å². The number of hydrogen-bond donors (Lipinski definition) is 1. The van der Waals surface area contributed by atoms with E-state index in [0.29, 0.717) is 19.3 Å². The summed E-state index contributed by atoms with van der Waals surface area (Å²) in [5.41, 5.74) is 5.92. The van der Waals surface area contributed by atoms with Crippen LogP contribution in [-0.2, 0) is 9.53 Å². The molecule has 0 radical (unpaired) electrons. The lowest BCUT2D eigenvalue weighted by Gasteiger charge is -2.36. The Morgan fingerprint density at radius 1 is 1.28 bits per heavy atom. The van der Waals surface area contributed by atoms with Gasteiger partial charge in [0.2, 0.25) is 5.91 Å². The second-order valence-corrected chi connectivity index (χ2v) is 5.84. The molecule has 2 unspecified atom stereocenters. The van der Waals surface area contributed by atoms with Gasteiger partial charge in [0.25, 0.3) is 0 Å². The van der Waals surface area contributed by atoms with E-state index < -0.39 is 0 Å². The standard InChI is InChI=1S/C14H26N2O2/c1-3-10-4-6-11(7-5-10)16(2)14(17)12-8-18-9-13(12)15/h10-13H,3-9,15H2,1-2H3. The lowest BCUT2D eigenvalue weighted by molar-refractivity contribution is -0.137. The highest BCUT2D eigenvalue weighted by Crippen LogP contribution is 2.30. The number of carbonyl (C=O) groups is 1. The number of nitrogens with two attached hydrogens (primary N) is 1. The van der Waals surface area contributed by atoms with E-state index in [1.54, 1.807) is 0 Å². The Morgan fingerprint density at radius 3 is 2.44 bits per heavy atom. The Morgan fingerprint density at radius 2 is 1.94 bits per heavy atom. The second-order valence-electron chi connectivity index (χ2n) is 5.84. The normalized spacial score (nSPS) is 36.6. The van der Waals surface area contributed by atoms with Crippen molar-refractivity contribution in [1.82, 2.24) is 4.90 Å². The van der Waals surface area contributed by atoms with Crippen molar-refractivity contribution in [1.29, 1.82) is 0 Å². The molecule has 1 aliphatic carbocycles. The number of carbonyl (C=O) groups excluding carboxylic acids is 1. The highest BCUT2D eigenvalue weighted by atomic mass is 16.5. The summed E-state index contributed by atoms with van der Waals surface area (Å²) in [7, 11) is 1.93. The maximum Gasteiger partial charge on any atom is 0.229 e. The lowest BCUT2D eigenvalue weighted by atomic mass is 9.83. The van der Waals surface area contributed by atoms with Crippen molar-refractivity contribution < 1.29 is 9.53 Å². The SMILES string of the molecule is CCC1CCC(N(C)C(=O)C2COCC2N)CC1. The fourth-order valence-corrected chi connectivity index (χ4v) is 3.21. The van der Waals surface area contributed by atoms with Gasteiger partial charge < -0.3 is 15.4 Å². The molecule has 1 saturated heterocycles. The minimum absolute atomic E-state index is 0.119. The van der Waals surface area contributed by atoms with Crippen LogP contribution in [0.4, 0.5) is 0 Å². The van der Waals surface area contributed by atoms with Crippen LogP contribution < -0.4 is 5.73 Å². The molecule has 0 aromatic heterocycles. The monoisotopic (exact) mass is 254 g/mol. The minimum atomic E-state index is -0.126. The third kappa shape index (κ3) is 2.86. The molecule has 0 bridgehead atoms. The highest BCUT2D eigenvalue weighted by molar-refractivity contribution is 5.80. The summed E-state index contributed by atoms with van der Waals surface area (Å²) >= 11 is 0. The molecule has 0 aromatic carbocycles. The Kier molecular flexibility index (Phi) is 4.62. The number of hydrogen-bond acceptors (Lipinski definition) is 3. The number of ether oxygens (including phenoxy) is 1. The molecule has 2 rings (SSSR count). The first kappa shape index (κ1) is 13.8. The van der Waals surface area contributed by atoms with Gasteiger partial charge in [0.15, 0.2) is 0 Å². The molecule has 2 atom stereocenters.